The first kappa shape index (κ1) is 22.3. The van der Waals surface area contributed by atoms with E-state index < -0.39 is 5.54 Å². The van der Waals surface area contributed by atoms with Crippen LogP contribution in [0.3, 0.4) is 0 Å². The van der Waals surface area contributed by atoms with E-state index >= 15 is 0 Å². The lowest BCUT2D eigenvalue weighted by Crippen LogP contribution is -2.62. The molecule has 3 aromatic rings. The molecule has 36 heavy (non-hydrogen) atoms. The van der Waals surface area contributed by atoms with Gasteiger partial charge in [-0.05, 0) is 30.5 Å². The molecule has 3 atom stereocenters. The summed E-state index contributed by atoms with van der Waals surface area (Å²) < 4.78 is 0. The normalized spacial score (nSPS) is 25.1. The van der Waals surface area contributed by atoms with Gasteiger partial charge in [0.15, 0.2) is 0 Å². The molecule has 1 saturated carbocycles. The monoisotopic (exact) mass is 480 g/mol. The van der Waals surface area contributed by atoms with E-state index in [1.165, 1.54) is 4.90 Å². The molecule has 0 aromatic heterocycles. The molecule has 6 rings (SSSR count). The molecule has 1 aliphatic carbocycles. The topological polar surface area (TPSA) is 73.0 Å². The average Bonchev–Trinajstić information content (AvgIpc) is 3.66. The molecule has 0 bridgehead atoms. The van der Waals surface area contributed by atoms with Gasteiger partial charge in [-0.25, -0.2) is 9.59 Å². The quantitative estimate of drug-likeness (QED) is 0.546. The number of hydrogen-bond donors (Lipinski definition) is 1. The van der Waals surface area contributed by atoms with E-state index in [0.717, 1.165) is 23.1 Å². The second kappa shape index (κ2) is 8.52. The van der Waals surface area contributed by atoms with Crippen LogP contribution in [-0.4, -0.2) is 63.9 Å². The summed E-state index contributed by atoms with van der Waals surface area (Å²) in [5.74, 6) is -0.0314. The third-order valence-electron chi connectivity index (χ3n) is 7.66. The summed E-state index contributed by atoms with van der Waals surface area (Å²) in [5, 5.41) is 3.04. The van der Waals surface area contributed by atoms with Crippen LogP contribution in [0.2, 0.25) is 0 Å². The molecule has 0 spiro atoms. The maximum absolute atomic E-state index is 13.6. The Hall–Kier alpha value is -4.13. The molecule has 7 heteroatoms. The summed E-state index contributed by atoms with van der Waals surface area (Å²) in [6.45, 7) is 2.64. The fourth-order valence-electron chi connectivity index (χ4n) is 5.62. The molecule has 7 nitrogen and oxygen atoms in total. The Balaban J connectivity index is 1.19. The fourth-order valence-corrected chi connectivity index (χ4v) is 5.62. The standard InChI is InChI=1S/C29H28N4O3/c1-29-19-31(27(35)30-24-15-9-8-14-22(24)20-10-4-2-5-11-20)16-17-32(29)28(36)33(26(29)34)25-18-23(25)21-12-6-3-7-13-21/h2-15,23,25H,16-19H2,1H3,(H,30,35)/t23-,25+,29?/m1/s1. The number of urea groups is 2. The second-order valence-corrected chi connectivity index (χ2v) is 9.97. The second-order valence-electron chi connectivity index (χ2n) is 9.97. The van der Waals surface area contributed by atoms with Crippen molar-refractivity contribution in [1.29, 1.82) is 0 Å². The lowest BCUT2D eigenvalue weighted by atomic mass is 9.97. The average molecular weight is 481 g/mol. The summed E-state index contributed by atoms with van der Waals surface area (Å²) in [4.78, 5) is 45.0. The Morgan fingerprint density at radius 2 is 1.56 bits per heavy atom. The zero-order chi connectivity index (χ0) is 24.9. The zero-order valence-electron chi connectivity index (χ0n) is 20.1. The molecule has 5 amide bonds. The Morgan fingerprint density at radius 3 is 2.31 bits per heavy atom. The number of rotatable bonds is 4. The Labute approximate surface area is 210 Å². The van der Waals surface area contributed by atoms with Crippen molar-refractivity contribution in [2.75, 3.05) is 25.0 Å². The van der Waals surface area contributed by atoms with E-state index in [-0.39, 0.29) is 36.5 Å². The van der Waals surface area contributed by atoms with Crippen LogP contribution in [0.1, 0.15) is 24.8 Å². The van der Waals surface area contributed by atoms with Crippen LogP contribution in [0.5, 0.6) is 0 Å². The molecule has 3 aliphatic rings. The summed E-state index contributed by atoms with van der Waals surface area (Å²) >= 11 is 0. The number of carbonyl (C=O) groups excluding carboxylic acids is 3. The van der Waals surface area contributed by atoms with Crippen LogP contribution in [0.4, 0.5) is 15.3 Å². The number of hydrogen-bond acceptors (Lipinski definition) is 3. The van der Waals surface area contributed by atoms with Gasteiger partial charge in [0.1, 0.15) is 5.54 Å². The van der Waals surface area contributed by atoms with Crippen LogP contribution in [0.15, 0.2) is 84.9 Å². The number of imide groups is 1. The van der Waals surface area contributed by atoms with Crippen molar-refractivity contribution in [3.8, 4) is 11.1 Å². The highest BCUT2D eigenvalue weighted by Crippen LogP contribution is 2.48. The predicted octanol–water partition coefficient (Wildman–Crippen LogP) is 4.78. The van der Waals surface area contributed by atoms with Crippen molar-refractivity contribution in [2.45, 2.75) is 30.8 Å². The maximum atomic E-state index is 13.6. The molecule has 182 valence electrons. The van der Waals surface area contributed by atoms with Crippen molar-refractivity contribution in [2.24, 2.45) is 0 Å². The molecular weight excluding hydrogens is 452 g/mol. The first-order chi connectivity index (χ1) is 17.5. The minimum absolute atomic E-state index is 0.116. The molecular formula is C29H28N4O3. The fraction of sp³-hybridized carbons (Fsp3) is 0.276. The lowest BCUT2D eigenvalue weighted by Gasteiger charge is -2.42. The highest BCUT2D eigenvalue weighted by Gasteiger charge is 2.62. The highest BCUT2D eigenvalue weighted by molar-refractivity contribution is 6.08. The highest BCUT2D eigenvalue weighted by atomic mass is 16.2. The van der Waals surface area contributed by atoms with Gasteiger partial charge in [0.25, 0.3) is 5.91 Å². The van der Waals surface area contributed by atoms with Crippen LogP contribution < -0.4 is 5.32 Å². The summed E-state index contributed by atoms with van der Waals surface area (Å²) in [6, 6.07) is 27.0. The largest absolute Gasteiger partial charge is 0.328 e. The zero-order valence-corrected chi connectivity index (χ0v) is 20.1. The van der Waals surface area contributed by atoms with E-state index in [1.54, 1.807) is 16.7 Å². The Kier molecular flexibility index (Phi) is 5.29. The number of nitrogens with one attached hydrogen (secondary N) is 1. The third-order valence-corrected chi connectivity index (χ3v) is 7.66. The Morgan fingerprint density at radius 1 is 0.889 bits per heavy atom. The third kappa shape index (κ3) is 3.63. The number of fused-ring (bicyclic) bond motifs is 1. The summed E-state index contributed by atoms with van der Waals surface area (Å²) in [6.07, 6.45) is 0.784. The molecule has 2 heterocycles. The number of nitrogens with zero attached hydrogens (tertiary/aromatic N) is 3. The van der Waals surface area contributed by atoms with Gasteiger partial charge in [-0.1, -0.05) is 78.9 Å². The lowest BCUT2D eigenvalue weighted by molar-refractivity contribution is -0.134. The van der Waals surface area contributed by atoms with E-state index in [4.69, 9.17) is 0 Å². The van der Waals surface area contributed by atoms with Gasteiger partial charge in [-0.2, -0.15) is 0 Å². The van der Waals surface area contributed by atoms with Gasteiger partial charge in [0.05, 0.1) is 12.2 Å². The first-order valence-electron chi connectivity index (χ1n) is 12.4. The molecule has 2 saturated heterocycles. The minimum Gasteiger partial charge on any atom is -0.320 e. The van der Waals surface area contributed by atoms with Gasteiger partial charge < -0.3 is 15.1 Å². The van der Waals surface area contributed by atoms with Crippen LogP contribution in [0, 0.1) is 0 Å². The van der Waals surface area contributed by atoms with E-state index in [2.05, 4.69) is 5.32 Å². The molecule has 2 aliphatic heterocycles. The van der Waals surface area contributed by atoms with E-state index in [9.17, 15) is 14.4 Å². The smallest absolute Gasteiger partial charge is 0.320 e. The summed E-state index contributed by atoms with van der Waals surface area (Å²) in [7, 11) is 0. The predicted molar refractivity (Wildman–Crippen MR) is 137 cm³/mol. The minimum atomic E-state index is -1.06. The van der Waals surface area contributed by atoms with E-state index in [1.807, 2.05) is 84.9 Å². The van der Waals surface area contributed by atoms with Crippen LogP contribution in [-0.2, 0) is 4.79 Å². The van der Waals surface area contributed by atoms with Gasteiger partial charge in [0, 0.05) is 30.6 Å². The van der Waals surface area contributed by atoms with Crippen LogP contribution >= 0.6 is 0 Å². The van der Waals surface area contributed by atoms with Crippen molar-refractivity contribution >= 4 is 23.7 Å². The maximum Gasteiger partial charge on any atom is 0.328 e. The number of anilines is 1. The van der Waals surface area contributed by atoms with Gasteiger partial charge in [-0.15, -0.1) is 0 Å². The molecule has 1 unspecified atom stereocenters. The summed E-state index contributed by atoms with van der Waals surface area (Å²) in [5.41, 5.74) is 2.73. The Bertz CT molecular complexity index is 1330. The van der Waals surface area contributed by atoms with Crippen molar-refractivity contribution in [3.63, 3.8) is 0 Å². The number of amides is 5. The molecule has 1 N–H and O–H groups in total. The van der Waals surface area contributed by atoms with Gasteiger partial charge >= 0.3 is 12.1 Å². The number of piperazine rings is 1. The molecule has 3 aromatic carbocycles. The number of carbonyl (C=O) groups is 3. The SMILES string of the molecule is CC12CN(C(=O)Nc3ccccc3-c3ccccc3)CCN1C(=O)N([C@H]1C[C@@H]1c1ccccc1)C2=O. The van der Waals surface area contributed by atoms with Gasteiger partial charge in [0.2, 0.25) is 0 Å². The van der Waals surface area contributed by atoms with E-state index in [0.29, 0.717) is 18.8 Å². The number of para-hydroxylation sites is 1. The molecule has 0 radical (unpaired) electrons. The van der Waals surface area contributed by atoms with Gasteiger partial charge in [-0.3, -0.25) is 9.69 Å². The van der Waals surface area contributed by atoms with Crippen molar-refractivity contribution in [1.82, 2.24) is 14.7 Å². The number of benzene rings is 3. The first-order valence-corrected chi connectivity index (χ1v) is 12.4. The molecule has 3 fully saturated rings. The van der Waals surface area contributed by atoms with Crippen molar-refractivity contribution in [3.05, 3.63) is 90.5 Å². The van der Waals surface area contributed by atoms with Crippen molar-refractivity contribution < 1.29 is 14.4 Å². The van der Waals surface area contributed by atoms with Crippen LogP contribution in [0.25, 0.3) is 11.1 Å².